The van der Waals surface area contributed by atoms with E-state index in [0.717, 1.165) is 36.2 Å². The normalized spacial score (nSPS) is 17.6. The number of hydrogen-bond donors (Lipinski definition) is 1. The van der Waals surface area contributed by atoms with E-state index in [1.165, 1.54) is 6.07 Å². The summed E-state index contributed by atoms with van der Waals surface area (Å²) in [5, 5.41) is 3.11. The van der Waals surface area contributed by atoms with Crippen LogP contribution in [0.25, 0.3) is 0 Å². The average Bonchev–Trinajstić information content (AvgIpc) is 2.57. The number of aryl methyl sites for hydroxylation is 1. The molecule has 0 aliphatic carbocycles. The van der Waals surface area contributed by atoms with E-state index in [1.54, 1.807) is 24.5 Å². The summed E-state index contributed by atoms with van der Waals surface area (Å²) in [6.45, 7) is 3.56. The number of aromatic nitrogens is 1. The van der Waals surface area contributed by atoms with Gasteiger partial charge in [-0.15, -0.1) is 0 Å². The smallest absolute Gasteiger partial charge is 0.224 e. The average molecular weight is 327 g/mol. The van der Waals surface area contributed by atoms with E-state index in [4.69, 9.17) is 0 Å². The SMILES string of the molecule is Cc1cnccc1CC(=O)N[C@@H]1CCCN(c2cccc(F)c2)C1. The van der Waals surface area contributed by atoms with Crippen LogP contribution < -0.4 is 10.2 Å². The lowest BCUT2D eigenvalue weighted by Crippen LogP contribution is -2.48. The molecule has 0 radical (unpaired) electrons. The second-order valence-corrected chi connectivity index (χ2v) is 6.31. The Morgan fingerprint density at radius 3 is 3.08 bits per heavy atom. The topological polar surface area (TPSA) is 45.2 Å². The minimum Gasteiger partial charge on any atom is -0.369 e. The molecule has 1 aromatic heterocycles. The maximum atomic E-state index is 13.4. The predicted molar refractivity (Wildman–Crippen MR) is 92.5 cm³/mol. The molecule has 1 saturated heterocycles. The van der Waals surface area contributed by atoms with Gasteiger partial charge < -0.3 is 10.2 Å². The van der Waals surface area contributed by atoms with Crippen molar-refractivity contribution in [1.29, 1.82) is 0 Å². The van der Waals surface area contributed by atoms with Crippen LogP contribution in [-0.2, 0) is 11.2 Å². The van der Waals surface area contributed by atoms with Gasteiger partial charge in [-0.25, -0.2) is 4.39 Å². The summed E-state index contributed by atoms with van der Waals surface area (Å²) in [7, 11) is 0. The van der Waals surface area contributed by atoms with E-state index in [1.807, 2.05) is 19.1 Å². The number of carbonyl (C=O) groups is 1. The number of nitrogens with one attached hydrogen (secondary N) is 1. The molecule has 1 aliphatic rings. The second kappa shape index (κ2) is 7.43. The van der Waals surface area contributed by atoms with Crippen molar-refractivity contribution in [3.05, 3.63) is 59.7 Å². The first-order valence-electron chi connectivity index (χ1n) is 8.31. The number of rotatable bonds is 4. The fourth-order valence-corrected chi connectivity index (χ4v) is 3.15. The van der Waals surface area contributed by atoms with Gasteiger partial charge in [0.25, 0.3) is 0 Å². The Balaban J connectivity index is 1.59. The summed E-state index contributed by atoms with van der Waals surface area (Å²) >= 11 is 0. The fraction of sp³-hybridized carbons (Fsp3) is 0.368. The molecule has 1 atom stereocenters. The molecular formula is C19H22FN3O. The molecule has 3 rings (SSSR count). The number of pyridine rings is 1. The maximum absolute atomic E-state index is 13.4. The zero-order chi connectivity index (χ0) is 16.9. The van der Waals surface area contributed by atoms with Gasteiger partial charge in [-0.05, 0) is 55.2 Å². The number of halogens is 1. The summed E-state index contributed by atoms with van der Waals surface area (Å²) in [5.74, 6) is -0.206. The van der Waals surface area contributed by atoms with Crippen molar-refractivity contribution in [3.8, 4) is 0 Å². The van der Waals surface area contributed by atoms with E-state index in [-0.39, 0.29) is 17.8 Å². The van der Waals surface area contributed by atoms with Gasteiger partial charge in [-0.2, -0.15) is 0 Å². The Labute approximate surface area is 141 Å². The highest BCUT2D eigenvalue weighted by Crippen LogP contribution is 2.21. The van der Waals surface area contributed by atoms with Crippen LogP contribution in [0.1, 0.15) is 24.0 Å². The molecule has 0 spiro atoms. The van der Waals surface area contributed by atoms with Crippen molar-refractivity contribution in [2.24, 2.45) is 0 Å². The number of benzene rings is 1. The highest BCUT2D eigenvalue weighted by molar-refractivity contribution is 5.79. The molecule has 1 aromatic carbocycles. The summed E-state index contributed by atoms with van der Waals surface area (Å²) < 4.78 is 13.4. The molecule has 0 saturated carbocycles. The van der Waals surface area contributed by atoms with Gasteiger partial charge >= 0.3 is 0 Å². The first kappa shape index (κ1) is 16.4. The Morgan fingerprint density at radius 2 is 2.29 bits per heavy atom. The van der Waals surface area contributed by atoms with Gasteiger partial charge in [0, 0.05) is 37.2 Å². The second-order valence-electron chi connectivity index (χ2n) is 6.31. The van der Waals surface area contributed by atoms with Crippen LogP contribution in [0.15, 0.2) is 42.7 Å². The minimum absolute atomic E-state index is 0.0235. The summed E-state index contributed by atoms with van der Waals surface area (Å²) in [6, 6.07) is 8.60. The fourth-order valence-electron chi connectivity index (χ4n) is 3.15. The van der Waals surface area contributed by atoms with E-state index in [0.29, 0.717) is 13.0 Å². The zero-order valence-corrected chi connectivity index (χ0v) is 13.8. The van der Waals surface area contributed by atoms with E-state index >= 15 is 0 Å². The number of nitrogens with zero attached hydrogens (tertiary/aromatic N) is 2. The van der Waals surface area contributed by atoms with Gasteiger partial charge in [0.05, 0.1) is 6.42 Å². The first-order valence-corrected chi connectivity index (χ1v) is 8.31. The summed E-state index contributed by atoms with van der Waals surface area (Å²) in [5.41, 5.74) is 2.90. The molecule has 4 nitrogen and oxygen atoms in total. The van der Waals surface area contributed by atoms with Crippen molar-refractivity contribution in [2.75, 3.05) is 18.0 Å². The molecule has 1 amide bonds. The number of amides is 1. The molecule has 2 aromatic rings. The number of anilines is 1. The quantitative estimate of drug-likeness (QED) is 0.939. The molecular weight excluding hydrogens is 305 g/mol. The lowest BCUT2D eigenvalue weighted by molar-refractivity contribution is -0.121. The van der Waals surface area contributed by atoms with Crippen molar-refractivity contribution in [3.63, 3.8) is 0 Å². The van der Waals surface area contributed by atoms with Crippen molar-refractivity contribution in [2.45, 2.75) is 32.2 Å². The van der Waals surface area contributed by atoms with Crippen LogP contribution in [0.2, 0.25) is 0 Å². The van der Waals surface area contributed by atoms with Crippen LogP contribution >= 0.6 is 0 Å². The van der Waals surface area contributed by atoms with Crippen LogP contribution in [0.4, 0.5) is 10.1 Å². The van der Waals surface area contributed by atoms with Crippen molar-refractivity contribution < 1.29 is 9.18 Å². The third-order valence-corrected chi connectivity index (χ3v) is 4.45. The Hall–Kier alpha value is -2.43. The van der Waals surface area contributed by atoms with Crippen molar-refractivity contribution >= 4 is 11.6 Å². The van der Waals surface area contributed by atoms with Crippen LogP contribution in [0, 0.1) is 12.7 Å². The minimum atomic E-state index is -0.230. The monoisotopic (exact) mass is 327 g/mol. The molecule has 2 heterocycles. The molecule has 0 unspecified atom stereocenters. The van der Waals surface area contributed by atoms with Gasteiger partial charge in [-0.1, -0.05) is 6.07 Å². The largest absolute Gasteiger partial charge is 0.369 e. The molecule has 5 heteroatoms. The third-order valence-electron chi connectivity index (χ3n) is 4.45. The van der Waals surface area contributed by atoms with Gasteiger partial charge in [0.1, 0.15) is 5.82 Å². The Kier molecular flexibility index (Phi) is 5.08. The number of carbonyl (C=O) groups excluding carboxylic acids is 1. The van der Waals surface area contributed by atoms with E-state index in [2.05, 4.69) is 15.2 Å². The Morgan fingerprint density at radius 1 is 1.42 bits per heavy atom. The first-order chi connectivity index (χ1) is 11.6. The van der Waals surface area contributed by atoms with Gasteiger partial charge in [0.2, 0.25) is 5.91 Å². The van der Waals surface area contributed by atoms with Gasteiger partial charge in [-0.3, -0.25) is 9.78 Å². The lowest BCUT2D eigenvalue weighted by atomic mass is 10.0. The maximum Gasteiger partial charge on any atom is 0.224 e. The molecule has 1 N–H and O–H groups in total. The molecule has 126 valence electrons. The van der Waals surface area contributed by atoms with Crippen molar-refractivity contribution in [1.82, 2.24) is 10.3 Å². The number of hydrogen-bond acceptors (Lipinski definition) is 3. The zero-order valence-electron chi connectivity index (χ0n) is 13.8. The Bertz CT molecular complexity index is 719. The molecule has 0 bridgehead atoms. The predicted octanol–water partition coefficient (Wildman–Crippen LogP) is 2.86. The summed E-state index contributed by atoms with van der Waals surface area (Å²) in [6.07, 6.45) is 5.78. The lowest BCUT2D eigenvalue weighted by Gasteiger charge is -2.34. The molecule has 1 fully saturated rings. The summed E-state index contributed by atoms with van der Waals surface area (Å²) in [4.78, 5) is 18.5. The van der Waals surface area contributed by atoms with E-state index < -0.39 is 0 Å². The highest BCUT2D eigenvalue weighted by atomic mass is 19.1. The molecule has 24 heavy (non-hydrogen) atoms. The van der Waals surface area contributed by atoms with Gasteiger partial charge in [0.15, 0.2) is 0 Å². The van der Waals surface area contributed by atoms with Crippen LogP contribution in [0.5, 0.6) is 0 Å². The van der Waals surface area contributed by atoms with E-state index in [9.17, 15) is 9.18 Å². The van der Waals surface area contributed by atoms with Crippen LogP contribution in [0.3, 0.4) is 0 Å². The highest BCUT2D eigenvalue weighted by Gasteiger charge is 2.22. The third kappa shape index (κ3) is 4.10. The standard InChI is InChI=1S/C19H22FN3O/c1-14-12-21-8-7-15(14)10-19(24)22-17-5-3-9-23(13-17)18-6-2-4-16(20)11-18/h2,4,6-8,11-12,17H,3,5,9-10,13H2,1H3,(H,22,24)/t17-/m1/s1. The number of piperidine rings is 1. The molecule has 1 aliphatic heterocycles. The van der Waals surface area contributed by atoms with Crippen LogP contribution in [-0.4, -0.2) is 30.0 Å².